The van der Waals surface area contributed by atoms with Crippen LogP contribution in [0.25, 0.3) is 0 Å². The lowest BCUT2D eigenvalue weighted by atomic mass is 9.89. The number of piperidine rings is 1. The first-order valence-corrected chi connectivity index (χ1v) is 11.1. The molecule has 0 atom stereocenters. The number of carbonyl (C=O) groups excluding carboxylic acids is 2. The molecule has 32 heavy (non-hydrogen) atoms. The Morgan fingerprint density at radius 1 is 1.16 bits per heavy atom. The van der Waals surface area contributed by atoms with Gasteiger partial charge in [0, 0.05) is 30.1 Å². The van der Waals surface area contributed by atoms with Gasteiger partial charge in [-0.15, -0.1) is 10.2 Å². The number of carbonyl (C=O) groups is 2. The molecule has 1 N–H and O–H groups in total. The number of aromatic nitrogens is 3. The molecule has 0 aromatic carbocycles. The molecule has 0 unspecified atom stereocenters. The van der Waals surface area contributed by atoms with Gasteiger partial charge in [0.2, 0.25) is 11.0 Å². The van der Waals surface area contributed by atoms with E-state index >= 15 is 0 Å². The van der Waals surface area contributed by atoms with Gasteiger partial charge in [-0.25, -0.2) is 0 Å². The van der Waals surface area contributed by atoms with E-state index in [1.54, 1.807) is 12.1 Å². The molecule has 1 aliphatic heterocycles. The summed E-state index contributed by atoms with van der Waals surface area (Å²) < 4.78 is 37.6. The number of likely N-dealkylation sites (tertiary alicyclic amines) is 1. The predicted molar refractivity (Wildman–Crippen MR) is 115 cm³/mol. The molecular weight excluding hydrogens is 443 g/mol. The third-order valence-electron chi connectivity index (χ3n) is 5.18. The van der Waals surface area contributed by atoms with Crippen LogP contribution in [0.5, 0.6) is 0 Å². The molecule has 0 radical (unpaired) electrons. The Labute approximate surface area is 188 Å². The number of pyridine rings is 1. The molecule has 0 saturated carbocycles. The SMILES string of the molecule is Cc1ccc(C(=O)Nc2nnc(C(C)(C)C)s2)c(C2CCN(C(=O)CC(F)(F)F)CC2)n1. The summed E-state index contributed by atoms with van der Waals surface area (Å²) in [6, 6.07) is 3.43. The fraction of sp³-hybridized carbons (Fsp3) is 0.571. The molecule has 3 heterocycles. The molecule has 3 rings (SSSR count). The Kier molecular flexibility index (Phi) is 6.87. The van der Waals surface area contributed by atoms with Crippen LogP contribution < -0.4 is 5.32 Å². The van der Waals surface area contributed by atoms with E-state index in [1.807, 2.05) is 27.7 Å². The lowest BCUT2D eigenvalue weighted by Crippen LogP contribution is -2.40. The largest absolute Gasteiger partial charge is 0.397 e. The summed E-state index contributed by atoms with van der Waals surface area (Å²) in [5.41, 5.74) is 1.53. The van der Waals surface area contributed by atoms with Gasteiger partial charge in [0.1, 0.15) is 11.4 Å². The van der Waals surface area contributed by atoms with E-state index in [9.17, 15) is 22.8 Å². The number of halogens is 3. The maximum atomic E-state index is 13.0. The Hall–Kier alpha value is -2.56. The van der Waals surface area contributed by atoms with Crippen LogP contribution in [0.1, 0.15) is 72.7 Å². The maximum absolute atomic E-state index is 13.0. The average molecular weight is 470 g/mol. The van der Waals surface area contributed by atoms with Crippen LogP contribution in [0, 0.1) is 6.92 Å². The highest BCUT2D eigenvalue weighted by molar-refractivity contribution is 7.15. The summed E-state index contributed by atoms with van der Waals surface area (Å²) in [5, 5.41) is 12.1. The average Bonchev–Trinajstić information content (AvgIpc) is 3.15. The topological polar surface area (TPSA) is 88.1 Å². The first kappa shape index (κ1) is 24.1. The van der Waals surface area contributed by atoms with E-state index in [0.29, 0.717) is 29.2 Å². The van der Waals surface area contributed by atoms with Gasteiger partial charge in [-0.05, 0) is 31.9 Å². The molecule has 1 fully saturated rings. The third-order valence-corrected chi connectivity index (χ3v) is 6.45. The number of aryl methyl sites for hydroxylation is 1. The molecule has 0 aliphatic carbocycles. The lowest BCUT2D eigenvalue weighted by molar-refractivity contribution is -0.162. The second-order valence-corrected chi connectivity index (χ2v) is 9.93. The zero-order valence-electron chi connectivity index (χ0n) is 18.4. The van der Waals surface area contributed by atoms with Crippen molar-refractivity contribution in [2.24, 2.45) is 0 Å². The number of alkyl halides is 3. The smallest absolute Gasteiger partial charge is 0.342 e. The highest BCUT2D eigenvalue weighted by atomic mass is 32.1. The number of hydrogen-bond acceptors (Lipinski definition) is 6. The molecular formula is C21H26F3N5O2S. The van der Waals surface area contributed by atoms with Gasteiger partial charge >= 0.3 is 6.18 Å². The normalized spacial score (nSPS) is 15.7. The summed E-state index contributed by atoms with van der Waals surface area (Å²) in [6.07, 6.45) is -5.10. The molecule has 7 nitrogen and oxygen atoms in total. The molecule has 2 aromatic heterocycles. The molecule has 2 amide bonds. The highest BCUT2D eigenvalue weighted by Crippen LogP contribution is 2.32. The summed E-state index contributed by atoms with van der Waals surface area (Å²) in [5.74, 6) is -1.41. The van der Waals surface area contributed by atoms with Crippen LogP contribution in [-0.2, 0) is 10.2 Å². The van der Waals surface area contributed by atoms with Gasteiger partial charge in [0.25, 0.3) is 5.91 Å². The van der Waals surface area contributed by atoms with Crippen molar-refractivity contribution in [3.8, 4) is 0 Å². The minimum Gasteiger partial charge on any atom is -0.342 e. The van der Waals surface area contributed by atoms with E-state index in [-0.39, 0.29) is 30.3 Å². The van der Waals surface area contributed by atoms with Crippen LogP contribution in [0.2, 0.25) is 0 Å². The van der Waals surface area contributed by atoms with Crippen molar-refractivity contribution in [2.45, 2.75) is 64.5 Å². The molecule has 1 saturated heterocycles. The van der Waals surface area contributed by atoms with Crippen LogP contribution in [0.15, 0.2) is 12.1 Å². The predicted octanol–water partition coefficient (Wildman–Crippen LogP) is 4.45. The van der Waals surface area contributed by atoms with Crippen LogP contribution in [0.4, 0.5) is 18.3 Å². The van der Waals surface area contributed by atoms with Gasteiger partial charge in [-0.2, -0.15) is 13.2 Å². The molecule has 11 heteroatoms. The van der Waals surface area contributed by atoms with Crippen molar-refractivity contribution in [3.63, 3.8) is 0 Å². The Morgan fingerprint density at radius 2 is 1.81 bits per heavy atom. The van der Waals surface area contributed by atoms with E-state index in [0.717, 1.165) is 10.7 Å². The maximum Gasteiger partial charge on any atom is 0.397 e. The van der Waals surface area contributed by atoms with Crippen molar-refractivity contribution in [3.05, 3.63) is 34.1 Å². The van der Waals surface area contributed by atoms with Gasteiger partial charge in [-0.1, -0.05) is 32.1 Å². The third kappa shape index (κ3) is 6.02. The number of nitrogens with zero attached hydrogens (tertiary/aromatic N) is 4. The first-order valence-electron chi connectivity index (χ1n) is 10.3. The van der Waals surface area contributed by atoms with Gasteiger partial charge < -0.3 is 4.90 Å². The summed E-state index contributed by atoms with van der Waals surface area (Å²) in [6.45, 7) is 8.23. The van der Waals surface area contributed by atoms with E-state index in [4.69, 9.17) is 0 Å². The van der Waals surface area contributed by atoms with Gasteiger partial charge in [0.15, 0.2) is 0 Å². The number of rotatable bonds is 4. The fourth-order valence-corrected chi connectivity index (χ4v) is 4.30. The second-order valence-electron chi connectivity index (χ2n) is 8.95. The zero-order chi connectivity index (χ0) is 23.7. The molecule has 1 aliphatic rings. The molecule has 0 spiro atoms. The van der Waals surface area contributed by atoms with Crippen LogP contribution in [-0.4, -0.2) is 51.2 Å². The number of hydrogen-bond donors (Lipinski definition) is 1. The first-order chi connectivity index (χ1) is 14.8. The lowest BCUT2D eigenvalue weighted by Gasteiger charge is -2.32. The molecule has 0 bridgehead atoms. The van der Waals surface area contributed by atoms with E-state index in [1.165, 1.54) is 16.2 Å². The minimum atomic E-state index is -4.52. The quantitative estimate of drug-likeness (QED) is 0.715. The summed E-state index contributed by atoms with van der Waals surface area (Å²) in [7, 11) is 0. The van der Waals surface area contributed by atoms with E-state index < -0.39 is 18.5 Å². The Balaban J connectivity index is 1.72. The summed E-state index contributed by atoms with van der Waals surface area (Å²) in [4.78, 5) is 30.6. The van der Waals surface area contributed by atoms with Crippen molar-refractivity contribution >= 4 is 28.3 Å². The van der Waals surface area contributed by atoms with E-state index in [2.05, 4.69) is 20.5 Å². The molecule has 2 aromatic rings. The number of amides is 2. The Morgan fingerprint density at radius 3 is 2.38 bits per heavy atom. The fourth-order valence-electron chi connectivity index (χ4n) is 3.51. The van der Waals surface area contributed by atoms with Gasteiger partial charge in [-0.3, -0.25) is 19.9 Å². The van der Waals surface area contributed by atoms with Gasteiger partial charge in [0.05, 0.1) is 11.3 Å². The zero-order valence-corrected chi connectivity index (χ0v) is 19.2. The molecule has 174 valence electrons. The monoisotopic (exact) mass is 469 g/mol. The summed E-state index contributed by atoms with van der Waals surface area (Å²) >= 11 is 1.30. The van der Waals surface area contributed by atoms with Crippen molar-refractivity contribution in [2.75, 3.05) is 18.4 Å². The van der Waals surface area contributed by atoms with Crippen molar-refractivity contribution in [1.82, 2.24) is 20.1 Å². The van der Waals surface area contributed by atoms with Crippen LogP contribution in [0.3, 0.4) is 0 Å². The minimum absolute atomic E-state index is 0.134. The van der Waals surface area contributed by atoms with Crippen molar-refractivity contribution < 1.29 is 22.8 Å². The Bertz CT molecular complexity index is 992. The number of anilines is 1. The van der Waals surface area contributed by atoms with Crippen molar-refractivity contribution in [1.29, 1.82) is 0 Å². The standard InChI is InChI=1S/C21H26F3N5O2S/c1-12-5-6-14(17(31)26-19-28-27-18(32-19)20(2,3)4)16(25-12)13-7-9-29(10-8-13)15(30)11-21(22,23)24/h5-6,13H,7-11H2,1-4H3,(H,26,28,31). The second kappa shape index (κ2) is 9.13. The highest BCUT2D eigenvalue weighted by Gasteiger charge is 2.35. The number of nitrogens with one attached hydrogen (secondary N) is 1. The van der Waals surface area contributed by atoms with Crippen LogP contribution >= 0.6 is 11.3 Å².